The highest BCUT2D eigenvalue weighted by Crippen LogP contribution is 2.19. The zero-order valence-electron chi connectivity index (χ0n) is 11.7. The minimum absolute atomic E-state index is 0.0904. The molecule has 0 aliphatic carbocycles. The van der Waals surface area contributed by atoms with Crippen molar-refractivity contribution in [1.29, 1.82) is 0 Å². The third-order valence-electron chi connectivity index (χ3n) is 3.34. The van der Waals surface area contributed by atoms with E-state index in [-0.39, 0.29) is 5.75 Å². The zero-order chi connectivity index (χ0) is 14.5. The average Bonchev–Trinajstić information content (AvgIpc) is 2.45. The van der Waals surface area contributed by atoms with E-state index in [9.17, 15) is 9.90 Å². The number of phenolic OH excluding ortho intramolecular Hbond substituents is 1. The number of hydrogen-bond donors (Lipinski definition) is 1. The molecule has 104 valence electrons. The SMILES string of the molecule is COC(=O)c1cc(O)cc(CCc2ccccc2C)c1. The van der Waals surface area contributed by atoms with Crippen molar-refractivity contribution in [1.82, 2.24) is 0 Å². The summed E-state index contributed by atoms with van der Waals surface area (Å²) in [5.41, 5.74) is 3.83. The van der Waals surface area contributed by atoms with Crippen LogP contribution < -0.4 is 0 Å². The predicted molar refractivity (Wildman–Crippen MR) is 78.0 cm³/mol. The fourth-order valence-corrected chi connectivity index (χ4v) is 2.22. The average molecular weight is 270 g/mol. The van der Waals surface area contributed by atoms with E-state index in [2.05, 4.69) is 23.8 Å². The molecule has 0 atom stereocenters. The summed E-state index contributed by atoms with van der Waals surface area (Å²) < 4.78 is 4.68. The molecule has 0 fully saturated rings. The van der Waals surface area contributed by atoms with Gasteiger partial charge in [0.05, 0.1) is 12.7 Å². The van der Waals surface area contributed by atoms with Crippen molar-refractivity contribution < 1.29 is 14.6 Å². The van der Waals surface area contributed by atoms with Crippen molar-refractivity contribution in [3.63, 3.8) is 0 Å². The highest BCUT2D eigenvalue weighted by molar-refractivity contribution is 5.90. The maximum Gasteiger partial charge on any atom is 0.337 e. The van der Waals surface area contributed by atoms with Gasteiger partial charge in [-0.1, -0.05) is 24.3 Å². The summed E-state index contributed by atoms with van der Waals surface area (Å²) in [6, 6.07) is 13.1. The Bertz CT molecular complexity index is 617. The monoisotopic (exact) mass is 270 g/mol. The van der Waals surface area contributed by atoms with Crippen LogP contribution in [0.5, 0.6) is 5.75 Å². The highest BCUT2D eigenvalue weighted by Gasteiger charge is 2.09. The van der Waals surface area contributed by atoms with Gasteiger partial charge in [-0.3, -0.25) is 0 Å². The number of carbonyl (C=O) groups excluding carboxylic acids is 1. The second-order valence-corrected chi connectivity index (χ2v) is 4.81. The maximum atomic E-state index is 11.5. The molecule has 0 radical (unpaired) electrons. The maximum absolute atomic E-state index is 11.5. The first-order chi connectivity index (χ1) is 9.60. The smallest absolute Gasteiger partial charge is 0.337 e. The van der Waals surface area contributed by atoms with Crippen molar-refractivity contribution in [2.24, 2.45) is 0 Å². The quantitative estimate of drug-likeness (QED) is 0.867. The summed E-state index contributed by atoms with van der Waals surface area (Å²) in [6.45, 7) is 2.08. The van der Waals surface area contributed by atoms with E-state index >= 15 is 0 Å². The summed E-state index contributed by atoms with van der Waals surface area (Å²) in [7, 11) is 1.33. The van der Waals surface area contributed by atoms with E-state index in [1.54, 1.807) is 12.1 Å². The molecular weight excluding hydrogens is 252 g/mol. The normalized spacial score (nSPS) is 10.3. The van der Waals surface area contributed by atoms with E-state index in [0.29, 0.717) is 5.56 Å². The molecule has 0 aliphatic rings. The fraction of sp³-hybridized carbons (Fsp3) is 0.235. The molecule has 3 nitrogen and oxygen atoms in total. The number of benzene rings is 2. The molecular formula is C17H18O3. The number of ether oxygens (including phenoxy) is 1. The van der Waals surface area contributed by atoms with E-state index in [4.69, 9.17) is 0 Å². The van der Waals surface area contributed by atoms with Gasteiger partial charge in [0.25, 0.3) is 0 Å². The summed E-state index contributed by atoms with van der Waals surface area (Å²) in [4.78, 5) is 11.5. The minimum atomic E-state index is -0.432. The number of methoxy groups -OCH3 is 1. The van der Waals surface area contributed by atoms with E-state index in [1.165, 1.54) is 24.3 Å². The minimum Gasteiger partial charge on any atom is -0.508 e. The largest absolute Gasteiger partial charge is 0.508 e. The van der Waals surface area contributed by atoms with Gasteiger partial charge in [0.1, 0.15) is 5.75 Å². The Morgan fingerprint density at radius 2 is 1.90 bits per heavy atom. The van der Waals surface area contributed by atoms with Gasteiger partial charge >= 0.3 is 5.97 Å². The van der Waals surface area contributed by atoms with Gasteiger partial charge in [-0.05, 0) is 54.7 Å². The lowest BCUT2D eigenvalue weighted by molar-refractivity contribution is 0.0600. The standard InChI is InChI=1S/C17H18O3/c1-12-5-3-4-6-14(12)8-7-13-9-15(17(19)20-2)11-16(18)10-13/h3-6,9-11,18H,7-8H2,1-2H3. The number of rotatable bonds is 4. The third-order valence-corrected chi connectivity index (χ3v) is 3.34. The molecule has 0 bridgehead atoms. The lowest BCUT2D eigenvalue weighted by Gasteiger charge is -2.08. The number of hydrogen-bond acceptors (Lipinski definition) is 3. The van der Waals surface area contributed by atoms with Crippen LogP contribution in [0.2, 0.25) is 0 Å². The Morgan fingerprint density at radius 3 is 2.60 bits per heavy atom. The van der Waals surface area contributed by atoms with Gasteiger partial charge in [0, 0.05) is 0 Å². The van der Waals surface area contributed by atoms with Crippen molar-refractivity contribution in [3.05, 3.63) is 64.7 Å². The molecule has 0 spiro atoms. The summed E-state index contributed by atoms with van der Waals surface area (Å²) in [5.74, 6) is -0.342. The Kier molecular flexibility index (Phi) is 4.41. The molecule has 0 amide bonds. The van der Waals surface area contributed by atoms with E-state index in [0.717, 1.165) is 18.4 Å². The molecule has 0 saturated carbocycles. The zero-order valence-corrected chi connectivity index (χ0v) is 11.7. The topological polar surface area (TPSA) is 46.5 Å². The Morgan fingerprint density at radius 1 is 1.15 bits per heavy atom. The fourth-order valence-electron chi connectivity index (χ4n) is 2.22. The second-order valence-electron chi connectivity index (χ2n) is 4.81. The molecule has 0 aromatic heterocycles. The molecule has 2 aromatic rings. The first-order valence-electron chi connectivity index (χ1n) is 6.56. The van der Waals surface area contributed by atoms with Crippen LogP contribution in [0.3, 0.4) is 0 Å². The Labute approximate surface area is 118 Å². The highest BCUT2D eigenvalue weighted by atomic mass is 16.5. The lowest BCUT2D eigenvalue weighted by atomic mass is 9.99. The molecule has 0 aliphatic heterocycles. The molecule has 2 aromatic carbocycles. The van der Waals surface area contributed by atoms with Crippen LogP contribution in [-0.2, 0) is 17.6 Å². The molecule has 2 rings (SSSR count). The first-order valence-corrected chi connectivity index (χ1v) is 6.56. The van der Waals surface area contributed by atoms with Crippen LogP contribution in [0.15, 0.2) is 42.5 Å². The molecule has 20 heavy (non-hydrogen) atoms. The lowest BCUT2D eigenvalue weighted by Crippen LogP contribution is -2.02. The van der Waals surface area contributed by atoms with Gasteiger partial charge in [0.15, 0.2) is 0 Å². The second kappa shape index (κ2) is 6.24. The van der Waals surface area contributed by atoms with Gasteiger partial charge in [-0.25, -0.2) is 4.79 Å². The predicted octanol–water partition coefficient (Wildman–Crippen LogP) is 3.27. The van der Waals surface area contributed by atoms with Crippen LogP contribution in [0.1, 0.15) is 27.0 Å². The molecule has 0 unspecified atom stereocenters. The summed E-state index contributed by atoms with van der Waals surface area (Å²) in [5, 5.41) is 9.68. The van der Waals surface area contributed by atoms with Crippen LogP contribution in [0.25, 0.3) is 0 Å². The van der Waals surface area contributed by atoms with Crippen molar-refractivity contribution in [3.8, 4) is 5.75 Å². The number of phenols is 1. The number of aryl methyl sites for hydroxylation is 3. The van der Waals surface area contributed by atoms with Crippen molar-refractivity contribution in [2.45, 2.75) is 19.8 Å². The summed E-state index contributed by atoms with van der Waals surface area (Å²) >= 11 is 0. The van der Waals surface area contributed by atoms with Crippen LogP contribution in [-0.4, -0.2) is 18.2 Å². The first kappa shape index (κ1) is 14.1. The van der Waals surface area contributed by atoms with Gasteiger partial charge in [0.2, 0.25) is 0 Å². The molecule has 0 heterocycles. The molecule has 1 N–H and O–H groups in total. The van der Waals surface area contributed by atoms with Crippen LogP contribution >= 0.6 is 0 Å². The van der Waals surface area contributed by atoms with Gasteiger partial charge in [-0.2, -0.15) is 0 Å². The van der Waals surface area contributed by atoms with E-state index in [1.807, 2.05) is 12.1 Å². The van der Waals surface area contributed by atoms with Gasteiger partial charge in [-0.15, -0.1) is 0 Å². The van der Waals surface area contributed by atoms with E-state index < -0.39 is 5.97 Å². The van der Waals surface area contributed by atoms with Crippen molar-refractivity contribution >= 4 is 5.97 Å². The van der Waals surface area contributed by atoms with Gasteiger partial charge < -0.3 is 9.84 Å². The number of carbonyl (C=O) groups is 1. The molecule has 0 saturated heterocycles. The Hall–Kier alpha value is -2.29. The Balaban J connectivity index is 2.16. The molecule has 3 heteroatoms. The van der Waals surface area contributed by atoms with Crippen LogP contribution in [0.4, 0.5) is 0 Å². The number of esters is 1. The third kappa shape index (κ3) is 3.38. The summed E-state index contributed by atoms with van der Waals surface area (Å²) in [6.07, 6.45) is 1.64. The van der Waals surface area contributed by atoms with Crippen molar-refractivity contribution in [2.75, 3.05) is 7.11 Å². The number of aromatic hydroxyl groups is 1. The van der Waals surface area contributed by atoms with Crippen LogP contribution in [0, 0.1) is 6.92 Å².